The first-order valence-corrected chi connectivity index (χ1v) is 8.04. The highest BCUT2D eigenvalue weighted by Gasteiger charge is 2.30. The van der Waals surface area contributed by atoms with Gasteiger partial charge in [0.1, 0.15) is 0 Å². The highest BCUT2D eigenvalue weighted by Crippen LogP contribution is 2.30. The van der Waals surface area contributed by atoms with E-state index in [-0.39, 0.29) is 0 Å². The summed E-state index contributed by atoms with van der Waals surface area (Å²) in [6.07, 6.45) is 8.44. The Morgan fingerprint density at radius 1 is 1.35 bits per heavy atom. The van der Waals surface area contributed by atoms with Crippen LogP contribution >= 0.6 is 0 Å². The van der Waals surface area contributed by atoms with Crippen molar-refractivity contribution >= 4 is 5.71 Å². The van der Waals surface area contributed by atoms with E-state index in [1.165, 1.54) is 12.8 Å². The molecule has 124 valence electrons. The van der Waals surface area contributed by atoms with Gasteiger partial charge in [-0.15, -0.1) is 0 Å². The van der Waals surface area contributed by atoms with Crippen LogP contribution in [0.15, 0.2) is 59.7 Å². The lowest BCUT2D eigenvalue weighted by molar-refractivity contribution is 0.486. The van der Waals surface area contributed by atoms with E-state index >= 15 is 0 Å². The lowest BCUT2D eigenvalue weighted by Gasteiger charge is -2.22. The zero-order chi connectivity index (χ0) is 17.1. The molecule has 2 rings (SSSR count). The molecule has 0 atom stereocenters. The molecule has 0 spiro atoms. The predicted octanol–water partition coefficient (Wildman–Crippen LogP) is 3.40. The fraction of sp³-hybridized carbons (Fsp3) is 0.421. The third kappa shape index (κ3) is 4.15. The van der Waals surface area contributed by atoms with Crippen molar-refractivity contribution in [1.82, 2.24) is 15.1 Å². The highest BCUT2D eigenvalue weighted by molar-refractivity contribution is 6.12. The zero-order valence-corrected chi connectivity index (χ0v) is 14.7. The number of nitrogens with zero attached hydrogens (tertiary/aromatic N) is 2. The molecule has 0 unspecified atom stereocenters. The van der Waals surface area contributed by atoms with E-state index in [1.54, 1.807) is 0 Å². The van der Waals surface area contributed by atoms with E-state index in [1.807, 2.05) is 32.0 Å². The van der Waals surface area contributed by atoms with Crippen LogP contribution in [-0.2, 0) is 0 Å². The molecule has 0 aromatic rings. The number of nitrogens with one attached hydrogen (secondary N) is 2. The van der Waals surface area contributed by atoms with Crippen molar-refractivity contribution in [3.8, 4) is 0 Å². The Bertz CT molecular complexity index is 615. The SMILES string of the molecule is C=C/C(C)=C\C(=C/N(C)C)N1C/C(=C(\C)NC2CC2)C(=N)C1=C. The highest BCUT2D eigenvalue weighted by atomic mass is 15.2. The van der Waals surface area contributed by atoms with Crippen LogP contribution in [0.25, 0.3) is 0 Å². The maximum atomic E-state index is 8.42. The molecule has 0 aromatic heterocycles. The van der Waals surface area contributed by atoms with Crippen LogP contribution in [-0.4, -0.2) is 42.2 Å². The summed E-state index contributed by atoms with van der Waals surface area (Å²) in [5.74, 6) is 0. The van der Waals surface area contributed by atoms with Crippen molar-refractivity contribution in [2.75, 3.05) is 20.6 Å². The van der Waals surface area contributed by atoms with E-state index in [4.69, 9.17) is 5.41 Å². The van der Waals surface area contributed by atoms with Gasteiger partial charge in [-0.05, 0) is 38.3 Å². The Hall–Kier alpha value is -2.23. The summed E-state index contributed by atoms with van der Waals surface area (Å²) in [6, 6.07) is 0.595. The summed E-state index contributed by atoms with van der Waals surface area (Å²) in [6.45, 7) is 12.7. The monoisotopic (exact) mass is 312 g/mol. The lowest BCUT2D eigenvalue weighted by Crippen LogP contribution is -2.20. The Morgan fingerprint density at radius 2 is 2.00 bits per heavy atom. The summed E-state index contributed by atoms with van der Waals surface area (Å²) in [7, 11) is 4.00. The summed E-state index contributed by atoms with van der Waals surface area (Å²) in [5, 5.41) is 11.9. The molecule has 0 aromatic carbocycles. The molecular weight excluding hydrogens is 284 g/mol. The molecular formula is C19H28N4. The second kappa shape index (κ2) is 6.90. The number of likely N-dealkylation sites (tertiary alicyclic amines) is 1. The number of rotatable bonds is 6. The fourth-order valence-electron chi connectivity index (χ4n) is 2.56. The Morgan fingerprint density at radius 3 is 2.52 bits per heavy atom. The normalized spacial score (nSPS) is 21.7. The average Bonchev–Trinajstić information content (AvgIpc) is 3.24. The minimum atomic E-state index is 0.532. The van der Waals surface area contributed by atoms with Gasteiger partial charge in [-0.25, -0.2) is 0 Å². The first-order valence-electron chi connectivity index (χ1n) is 8.04. The number of hydrogen-bond acceptors (Lipinski definition) is 4. The van der Waals surface area contributed by atoms with Gasteiger partial charge in [-0.2, -0.15) is 0 Å². The summed E-state index contributed by atoms with van der Waals surface area (Å²) < 4.78 is 0. The van der Waals surface area contributed by atoms with Crippen LogP contribution in [0, 0.1) is 5.41 Å². The van der Waals surface area contributed by atoms with E-state index in [0.29, 0.717) is 18.3 Å². The Kier molecular flexibility index (Phi) is 5.14. The molecule has 0 bridgehead atoms. The molecule has 1 aliphatic carbocycles. The third-order valence-electron chi connectivity index (χ3n) is 4.08. The molecule has 4 nitrogen and oxygen atoms in total. The number of hydrogen-bond donors (Lipinski definition) is 2. The summed E-state index contributed by atoms with van der Waals surface area (Å²) in [4.78, 5) is 4.11. The fourth-order valence-corrected chi connectivity index (χ4v) is 2.56. The van der Waals surface area contributed by atoms with E-state index < -0.39 is 0 Å². The summed E-state index contributed by atoms with van der Waals surface area (Å²) in [5.41, 5.74) is 5.54. The quantitative estimate of drug-likeness (QED) is 0.739. The second-order valence-electron chi connectivity index (χ2n) is 6.54. The number of allylic oxidation sites excluding steroid dienone is 5. The molecule has 4 heteroatoms. The van der Waals surface area contributed by atoms with Crippen molar-refractivity contribution < 1.29 is 0 Å². The van der Waals surface area contributed by atoms with Gasteiger partial charge in [0.15, 0.2) is 0 Å². The zero-order valence-electron chi connectivity index (χ0n) is 14.7. The van der Waals surface area contributed by atoms with Gasteiger partial charge in [-0.3, -0.25) is 5.41 Å². The summed E-state index contributed by atoms with van der Waals surface area (Å²) >= 11 is 0. The largest absolute Gasteiger partial charge is 0.385 e. The van der Waals surface area contributed by atoms with Crippen LogP contribution < -0.4 is 5.32 Å². The molecule has 23 heavy (non-hydrogen) atoms. The van der Waals surface area contributed by atoms with Gasteiger partial charge in [0.25, 0.3) is 0 Å². The molecule has 2 N–H and O–H groups in total. The van der Waals surface area contributed by atoms with Gasteiger partial charge >= 0.3 is 0 Å². The second-order valence-corrected chi connectivity index (χ2v) is 6.54. The van der Waals surface area contributed by atoms with Crippen molar-refractivity contribution in [2.45, 2.75) is 32.7 Å². The van der Waals surface area contributed by atoms with E-state index in [0.717, 1.165) is 28.2 Å². The van der Waals surface area contributed by atoms with Crippen LogP contribution in [0.4, 0.5) is 0 Å². The van der Waals surface area contributed by atoms with Crippen molar-refractivity contribution in [1.29, 1.82) is 5.41 Å². The van der Waals surface area contributed by atoms with Crippen LogP contribution in [0.3, 0.4) is 0 Å². The van der Waals surface area contributed by atoms with Crippen molar-refractivity contribution in [2.24, 2.45) is 0 Å². The lowest BCUT2D eigenvalue weighted by atomic mass is 10.1. The van der Waals surface area contributed by atoms with E-state index in [9.17, 15) is 0 Å². The first kappa shape index (κ1) is 17.1. The minimum absolute atomic E-state index is 0.532. The van der Waals surface area contributed by atoms with Gasteiger partial charge in [0, 0.05) is 37.6 Å². The maximum absolute atomic E-state index is 8.42. The molecule has 2 fully saturated rings. The molecule has 0 radical (unpaired) electrons. The maximum Gasteiger partial charge on any atom is 0.0838 e. The van der Waals surface area contributed by atoms with Crippen LogP contribution in [0.1, 0.15) is 26.7 Å². The van der Waals surface area contributed by atoms with Crippen LogP contribution in [0.5, 0.6) is 0 Å². The van der Waals surface area contributed by atoms with Gasteiger partial charge < -0.3 is 15.1 Å². The third-order valence-corrected chi connectivity index (χ3v) is 4.08. The van der Waals surface area contributed by atoms with E-state index in [2.05, 4.69) is 42.6 Å². The standard InChI is InChI=1S/C19H28N4/c1-7-13(2)10-17(11-22(5)6)23-12-18(19(20)15(23)4)14(3)21-16-8-9-16/h7,10-11,16,20-21H,1,4,8-9,12H2,2-3,5-6H3/b13-10-,17-11+,18-14-,20-19?. The molecule has 1 aliphatic heterocycles. The average molecular weight is 312 g/mol. The molecule has 2 aliphatic rings. The van der Waals surface area contributed by atoms with Gasteiger partial charge in [0.05, 0.1) is 23.7 Å². The van der Waals surface area contributed by atoms with Crippen molar-refractivity contribution in [3.05, 3.63) is 59.7 Å². The molecule has 1 heterocycles. The van der Waals surface area contributed by atoms with Crippen LogP contribution in [0.2, 0.25) is 0 Å². The predicted molar refractivity (Wildman–Crippen MR) is 98.2 cm³/mol. The molecule has 1 saturated carbocycles. The first-order chi connectivity index (χ1) is 10.8. The Labute approximate surface area is 140 Å². The topological polar surface area (TPSA) is 42.4 Å². The smallest absolute Gasteiger partial charge is 0.0838 e. The Balaban J connectivity index is 2.31. The van der Waals surface area contributed by atoms with Gasteiger partial charge in [-0.1, -0.05) is 19.2 Å². The molecule has 1 saturated heterocycles. The molecule has 0 amide bonds. The minimum Gasteiger partial charge on any atom is -0.385 e. The van der Waals surface area contributed by atoms with Gasteiger partial charge in [0.2, 0.25) is 0 Å². The van der Waals surface area contributed by atoms with Crippen molar-refractivity contribution in [3.63, 3.8) is 0 Å².